The van der Waals surface area contributed by atoms with E-state index in [0.29, 0.717) is 23.7 Å². The third-order valence-corrected chi connectivity index (χ3v) is 6.52. The van der Waals surface area contributed by atoms with Crippen molar-refractivity contribution in [2.45, 2.75) is 25.6 Å². The van der Waals surface area contributed by atoms with Crippen molar-refractivity contribution in [1.82, 2.24) is 20.1 Å². The number of carbonyl (C=O) groups is 2. The summed E-state index contributed by atoms with van der Waals surface area (Å²) in [5.41, 5.74) is 1.31. The Bertz CT molecular complexity index is 1470. The fourth-order valence-corrected chi connectivity index (χ4v) is 4.54. The number of anilines is 1. The Balaban J connectivity index is 0.000000333. The number of rotatable bonds is 5. The second-order valence-electron chi connectivity index (χ2n) is 8.18. The predicted molar refractivity (Wildman–Crippen MR) is 137 cm³/mol. The molecule has 5 rings (SSSR count). The first kappa shape index (κ1) is 27.4. The van der Waals surface area contributed by atoms with Gasteiger partial charge in [-0.05, 0) is 19.1 Å². The van der Waals surface area contributed by atoms with E-state index in [9.17, 15) is 32.9 Å². The zero-order chi connectivity index (χ0) is 28.2. The highest BCUT2D eigenvalue weighted by Gasteiger charge is 2.38. The molecule has 2 aromatic carbocycles. The molecule has 10 nitrogen and oxygen atoms in total. The molecular weight excluding hydrogens is 537 g/mol. The number of hydrogen-bond donors (Lipinski definition) is 1. The molecule has 0 fully saturated rings. The number of halogens is 3. The van der Waals surface area contributed by atoms with Gasteiger partial charge in [0.2, 0.25) is 0 Å². The van der Waals surface area contributed by atoms with E-state index in [1.54, 1.807) is 36.0 Å². The fourth-order valence-electron chi connectivity index (χ4n) is 3.87. The molecule has 0 radical (unpaired) electrons. The van der Waals surface area contributed by atoms with Crippen molar-refractivity contribution in [1.29, 1.82) is 0 Å². The van der Waals surface area contributed by atoms with Crippen LogP contribution in [-0.4, -0.2) is 44.1 Å². The average Bonchev–Trinajstić information content (AvgIpc) is 3.59. The maximum absolute atomic E-state index is 13.0. The van der Waals surface area contributed by atoms with E-state index in [1.165, 1.54) is 17.0 Å². The first-order valence-electron chi connectivity index (χ1n) is 11.6. The van der Waals surface area contributed by atoms with Crippen molar-refractivity contribution in [2.75, 3.05) is 11.4 Å². The van der Waals surface area contributed by atoms with Crippen LogP contribution in [0, 0.1) is 10.1 Å². The van der Waals surface area contributed by atoms with Crippen molar-refractivity contribution in [3.05, 3.63) is 98.6 Å². The summed E-state index contributed by atoms with van der Waals surface area (Å²) in [5, 5.41) is 16.8. The van der Waals surface area contributed by atoms with Gasteiger partial charge in [-0.25, -0.2) is 9.67 Å². The highest BCUT2D eigenvalue weighted by atomic mass is 32.1. The van der Waals surface area contributed by atoms with Crippen molar-refractivity contribution in [2.24, 2.45) is 0 Å². The molecule has 0 aliphatic carbocycles. The summed E-state index contributed by atoms with van der Waals surface area (Å²) in [5.74, 6) is -0.565. The van der Waals surface area contributed by atoms with Crippen LogP contribution in [0.25, 0.3) is 5.69 Å². The smallest absolute Gasteiger partial charge is 0.339 e. The lowest BCUT2D eigenvalue weighted by Crippen LogP contribution is -2.53. The molecule has 0 saturated heterocycles. The molecule has 1 N–H and O–H groups in total. The number of thiazole rings is 1. The van der Waals surface area contributed by atoms with Gasteiger partial charge >= 0.3 is 6.18 Å². The second-order valence-corrected chi connectivity index (χ2v) is 9.04. The van der Waals surface area contributed by atoms with Gasteiger partial charge in [-0.1, -0.05) is 36.4 Å². The first-order chi connectivity index (χ1) is 18.6. The molecule has 0 bridgehead atoms. The van der Waals surface area contributed by atoms with Crippen LogP contribution in [-0.2, 0) is 17.4 Å². The molecule has 1 atom stereocenters. The molecule has 2 aromatic heterocycles. The minimum Gasteiger partial charge on any atom is -0.339 e. The molecule has 1 unspecified atom stereocenters. The second kappa shape index (κ2) is 11.4. The van der Waals surface area contributed by atoms with Crippen LogP contribution in [0.15, 0.2) is 72.2 Å². The average molecular weight is 559 g/mol. The molecule has 1 aliphatic rings. The van der Waals surface area contributed by atoms with Crippen LogP contribution in [0.3, 0.4) is 0 Å². The van der Waals surface area contributed by atoms with Crippen molar-refractivity contribution in [3.63, 3.8) is 0 Å². The van der Waals surface area contributed by atoms with Gasteiger partial charge in [0.1, 0.15) is 17.6 Å². The fraction of sp³-hybridized carbons (Fsp3) is 0.200. The summed E-state index contributed by atoms with van der Waals surface area (Å²) in [6.45, 7) is 2.13. The van der Waals surface area contributed by atoms with Crippen molar-refractivity contribution in [3.8, 4) is 5.69 Å². The Kier molecular flexibility index (Phi) is 8.04. The van der Waals surface area contributed by atoms with Crippen molar-refractivity contribution >= 4 is 34.7 Å². The Morgan fingerprint density at radius 3 is 2.33 bits per heavy atom. The Morgan fingerprint density at radius 1 is 1.15 bits per heavy atom. The number of nitrogens with zero attached hydrogens (tertiary/aromatic N) is 5. The number of carbonyl (C=O) groups excluding carboxylic acids is 2. The molecule has 202 valence electrons. The summed E-state index contributed by atoms with van der Waals surface area (Å²) >= 11 is 0.337. The molecule has 0 saturated carbocycles. The lowest BCUT2D eigenvalue weighted by molar-refractivity contribution is -0.384. The largest absolute Gasteiger partial charge is 0.443 e. The molecule has 39 heavy (non-hydrogen) atoms. The maximum Gasteiger partial charge on any atom is 0.443 e. The van der Waals surface area contributed by atoms with Gasteiger partial charge in [0.05, 0.1) is 16.8 Å². The molecule has 1 aliphatic heterocycles. The van der Waals surface area contributed by atoms with Gasteiger partial charge < -0.3 is 5.32 Å². The van der Waals surface area contributed by atoms with Gasteiger partial charge in [0.25, 0.3) is 17.5 Å². The van der Waals surface area contributed by atoms with E-state index >= 15 is 0 Å². The number of para-hydroxylation sites is 2. The van der Waals surface area contributed by atoms with Crippen LogP contribution < -0.4 is 10.2 Å². The van der Waals surface area contributed by atoms with E-state index < -0.39 is 28.1 Å². The number of benzene rings is 2. The van der Waals surface area contributed by atoms with Crippen molar-refractivity contribution < 1.29 is 27.7 Å². The van der Waals surface area contributed by atoms with Gasteiger partial charge in [-0.3, -0.25) is 24.6 Å². The molecule has 2 amide bonds. The Hall–Kier alpha value is -4.59. The van der Waals surface area contributed by atoms with Gasteiger partial charge in [-0.2, -0.15) is 18.3 Å². The number of aromatic nitrogens is 3. The Labute approximate surface area is 223 Å². The van der Waals surface area contributed by atoms with Crippen LogP contribution in [0.4, 0.5) is 24.7 Å². The summed E-state index contributed by atoms with van der Waals surface area (Å²) in [7, 11) is 0. The van der Waals surface area contributed by atoms with E-state index in [1.807, 2.05) is 30.3 Å². The number of hydrogen-bond acceptors (Lipinski definition) is 7. The number of amides is 2. The molecular formula is C25H21F3N6O4S. The monoisotopic (exact) mass is 558 g/mol. The number of nitro benzene ring substituents is 1. The zero-order valence-electron chi connectivity index (χ0n) is 20.3. The minimum absolute atomic E-state index is 0.137. The maximum atomic E-state index is 13.0. The third kappa shape index (κ3) is 6.12. The minimum atomic E-state index is -4.62. The van der Waals surface area contributed by atoms with Gasteiger partial charge in [0, 0.05) is 36.0 Å². The quantitative estimate of drug-likeness (QED) is 0.281. The van der Waals surface area contributed by atoms with E-state index in [0.717, 1.165) is 16.6 Å². The number of alkyl halides is 3. The predicted octanol–water partition coefficient (Wildman–Crippen LogP) is 4.65. The number of nitrogens with one attached hydrogen (secondary N) is 1. The number of likely N-dealkylation sites (N-methyl/N-ethyl adjacent to an activating group) is 1. The summed E-state index contributed by atoms with van der Waals surface area (Å²) in [6.07, 6.45) is -2.81. The molecule has 4 aromatic rings. The van der Waals surface area contributed by atoms with E-state index in [-0.39, 0.29) is 23.7 Å². The third-order valence-electron chi connectivity index (χ3n) is 5.63. The van der Waals surface area contributed by atoms with E-state index in [4.69, 9.17) is 0 Å². The summed E-state index contributed by atoms with van der Waals surface area (Å²) in [4.78, 5) is 39.8. The molecule has 14 heteroatoms. The topological polar surface area (TPSA) is 123 Å². The van der Waals surface area contributed by atoms with Gasteiger partial charge in [-0.15, -0.1) is 11.3 Å². The zero-order valence-corrected chi connectivity index (χ0v) is 21.1. The lowest BCUT2D eigenvalue weighted by atomic mass is 10.0. The van der Waals surface area contributed by atoms with Crippen LogP contribution >= 0.6 is 11.3 Å². The summed E-state index contributed by atoms with van der Waals surface area (Å²) in [6, 6.07) is 16.3. The normalized spacial score (nSPS) is 14.7. The Morgan fingerprint density at radius 2 is 1.79 bits per heavy atom. The highest BCUT2D eigenvalue weighted by Crippen LogP contribution is 2.32. The number of non-ortho nitro benzene ring substituents is 1. The highest BCUT2D eigenvalue weighted by molar-refractivity contribution is 7.10. The SMILES string of the molecule is CCN1C(=O)C(NC(=O)c2csc(C(F)(F)F)n2)Cc2cnn(-c3ccccc3)c21.O=[N+]([O-])c1ccccc1. The summed E-state index contributed by atoms with van der Waals surface area (Å²) < 4.78 is 39.9. The van der Waals surface area contributed by atoms with E-state index in [2.05, 4.69) is 15.4 Å². The van der Waals surface area contributed by atoms with Crippen LogP contribution in [0.1, 0.15) is 28.0 Å². The standard InChI is InChI=1S/C19H16F3N5O2S.C6H5NO2/c1-2-26-16-11(9-23-27(16)12-6-4-3-5-7-12)8-13(17(26)29)24-15(28)14-10-30-18(25-14)19(20,21)22;8-7(9)6-4-2-1-3-5-6/h3-7,9-10,13H,2,8H2,1H3,(H,24,28);1-5H. The van der Waals surface area contributed by atoms with Crippen LogP contribution in [0.2, 0.25) is 0 Å². The number of nitro groups is 1. The lowest BCUT2D eigenvalue weighted by Gasteiger charge is -2.32. The first-order valence-corrected chi connectivity index (χ1v) is 12.4. The number of fused-ring (bicyclic) bond motifs is 1. The van der Waals surface area contributed by atoms with Crippen LogP contribution in [0.5, 0.6) is 0 Å². The molecule has 3 heterocycles. The molecule has 0 spiro atoms. The van der Waals surface area contributed by atoms with Gasteiger partial charge in [0.15, 0.2) is 5.01 Å².